The molecule has 1 unspecified atom stereocenters. The molecule has 140 valence electrons. The number of nitrogens with zero attached hydrogens (tertiary/aromatic N) is 2. The number of carbonyl (C=O) groups excluding carboxylic acids is 1. The molecule has 0 saturated carbocycles. The predicted octanol–water partition coefficient (Wildman–Crippen LogP) is 2.67. The second-order valence-electron chi connectivity index (χ2n) is 6.97. The quantitative estimate of drug-likeness (QED) is 0.730. The summed E-state index contributed by atoms with van der Waals surface area (Å²) in [6.07, 6.45) is 0. The van der Waals surface area contributed by atoms with Gasteiger partial charge in [0.05, 0.1) is 24.8 Å². The van der Waals surface area contributed by atoms with Gasteiger partial charge in [0.15, 0.2) is 5.69 Å². The summed E-state index contributed by atoms with van der Waals surface area (Å²) in [5, 5.41) is 11.3. The van der Waals surface area contributed by atoms with E-state index in [9.17, 15) is 4.79 Å². The molecule has 0 radical (unpaired) electrons. The first kappa shape index (κ1) is 17.7. The van der Waals surface area contributed by atoms with Gasteiger partial charge >= 0.3 is 0 Å². The van der Waals surface area contributed by atoms with E-state index in [1.165, 1.54) is 0 Å². The van der Waals surface area contributed by atoms with Crippen LogP contribution in [0.5, 0.6) is 0 Å². The Hall–Kier alpha value is -2.70. The van der Waals surface area contributed by atoms with Crippen molar-refractivity contribution in [2.75, 3.05) is 32.8 Å². The molecule has 1 fully saturated rings. The Morgan fingerprint density at radius 3 is 2.78 bits per heavy atom. The van der Waals surface area contributed by atoms with Crippen molar-refractivity contribution in [3.8, 4) is 0 Å². The van der Waals surface area contributed by atoms with Crippen molar-refractivity contribution in [2.45, 2.75) is 13.0 Å². The van der Waals surface area contributed by atoms with Gasteiger partial charge in [0.2, 0.25) is 0 Å². The SMILES string of the molecule is Cc1ccc2[nH]nc(C(=O)NC(CN3CCOCC3)c3ccccc3)c2c1. The molecule has 1 amide bonds. The van der Waals surface area contributed by atoms with E-state index in [1.54, 1.807) is 0 Å². The maximum atomic E-state index is 13.0. The van der Waals surface area contributed by atoms with Crippen LogP contribution in [-0.4, -0.2) is 53.9 Å². The topological polar surface area (TPSA) is 70.2 Å². The van der Waals surface area contributed by atoms with Gasteiger partial charge in [-0.3, -0.25) is 14.8 Å². The molecule has 3 aromatic rings. The van der Waals surface area contributed by atoms with Crippen LogP contribution in [0.2, 0.25) is 0 Å². The Labute approximate surface area is 158 Å². The number of aromatic nitrogens is 2. The van der Waals surface area contributed by atoms with Gasteiger partial charge in [-0.1, -0.05) is 42.0 Å². The Bertz CT molecular complexity index is 916. The zero-order valence-corrected chi connectivity index (χ0v) is 15.4. The molecule has 0 spiro atoms. The Morgan fingerprint density at radius 2 is 2.00 bits per heavy atom. The van der Waals surface area contributed by atoms with E-state index in [0.29, 0.717) is 5.69 Å². The molecular weight excluding hydrogens is 340 g/mol. The van der Waals surface area contributed by atoms with Gasteiger partial charge < -0.3 is 10.1 Å². The fourth-order valence-electron chi connectivity index (χ4n) is 3.49. The van der Waals surface area contributed by atoms with E-state index in [-0.39, 0.29) is 11.9 Å². The lowest BCUT2D eigenvalue weighted by molar-refractivity contribution is 0.0332. The van der Waals surface area contributed by atoms with Gasteiger partial charge in [0.1, 0.15) is 0 Å². The molecule has 1 saturated heterocycles. The molecule has 1 aromatic heterocycles. The highest BCUT2D eigenvalue weighted by Gasteiger charge is 2.22. The average molecular weight is 364 g/mol. The van der Waals surface area contributed by atoms with Crippen molar-refractivity contribution in [1.29, 1.82) is 0 Å². The van der Waals surface area contributed by atoms with Gasteiger partial charge in [0, 0.05) is 25.0 Å². The smallest absolute Gasteiger partial charge is 0.272 e. The van der Waals surface area contributed by atoms with Gasteiger partial charge in [0.25, 0.3) is 5.91 Å². The third-order valence-electron chi connectivity index (χ3n) is 4.99. The number of aromatic amines is 1. The van der Waals surface area contributed by atoms with Crippen molar-refractivity contribution < 1.29 is 9.53 Å². The average Bonchev–Trinajstić information content (AvgIpc) is 3.12. The summed E-state index contributed by atoms with van der Waals surface area (Å²) in [5.41, 5.74) is 3.51. The lowest BCUT2D eigenvalue weighted by Crippen LogP contribution is -2.43. The number of morpholine rings is 1. The van der Waals surface area contributed by atoms with E-state index in [2.05, 4.69) is 32.5 Å². The normalized spacial score (nSPS) is 16.3. The molecular formula is C21H24N4O2. The van der Waals surface area contributed by atoms with Crippen LogP contribution in [0.25, 0.3) is 10.9 Å². The highest BCUT2D eigenvalue weighted by atomic mass is 16.5. The molecule has 4 rings (SSSR count). The van der Waals surface area contributed by atoms with Crippen molar-refractivity contribution in [1.82, 2.24) is 20.4 Å². The number of hydrogen-bond acceptors (Lipinski definition) is 4. The number of benzene rings is 2. The number of ether oxygens (including phenoxy) is 1. The summed E-state index contributed by atoms with van der Waals surface area (Å²) >= 11 is 0. The molecule has 2 aromatic carbocycles. The van der Waals surface area contributed by atoms with Crippen LogP contribution < -0.4 is 5.32 Å². The second kappa shape index (κ2) is 7.90. The summed E-state index contributed by atoms with van der Waals surface area (Å²) in [6, 6.07) is 15.9. The number of amides is 1. The first-order valence-corrected chi connectivity index (χ1v) is 9.31. The lowest BCUT2D eigenvalue weighted by atomic mass is 10.1. The number of H-pyrrole nitrogens is 1. The predicted molar refractivity (Wildman–Crippen MR) is 105 cm³/mol. The first-order valence-electron chi connectivity index (χ1n) is 9.31. The van der Waals surface area contributed by atoms with E-state index in [1.807, 2.05) is 43.3 Å². The van der Waals surface area contributed by atoms with Gasteiger partial charge in [-0.2, -0.15) is 5.10 Å². The van der Waals surface area contributed by atoms with Crippen LogP contribution in [0.3, 0.4) is 0 Å². The van der Waals surface area contributed by atoms with Crippen LogP contribution in [0.1, 0.15) is 27.7 Å². The van der Waals surface area contributed by atoms with Crippen molar-refractivity contribution in [3.05, 3.63) is 65.4 Å². The second-order valence-corrected chi connectivity index (χ2v) is 6.97. The largest absolute Gasteiger partial charge is 0.379 e. The summed E-state index contributed by atoms with van der Waals surface area (Å²) in [7, 11) is 0. The first-order chi connectivity index (χ1) is 13.2. The molecule has 1 aliphatic heterocycles. The van der Waals surface area contributed by atoms with Crippen LogP contribution in [-0.2, 0) is 4.74 Å². The minimum absolute atomic E-state index is 0.103. The Kier molecular flexibility index (Phi) is 5.18. The van der Waals surface area contributed by atoms with Crippen LogP contribution in [0.4, 0.5) is 0 Å². The molecule has 1 aliphatic rings. The zero-order valence-electron chi connectivity index (χ0n) is 15.4. The molecule has 27 heavy (non-hydrogen) atoms. The maximum Gasteiger partial charge on any atom is 0.272 e. The molecule has 2 heterocycles. The number of rotatable bonds is 5. The van der Waals surface area contributed by atoms with Crippen LogP contribution in [0.15, 0.2) is 48.5 Å². The lowest BCUT2D eigenvalue weighted by Gasteiger charge is -2.31. The minimum Gasteiger partial charge on any atom is -0.379 e. The van der Waals surface area contributed by atoms with E-state index in [4.69, 9.17) is 4.74 Å². The molecule has 2 N–H and O–H groups in total. The third kappa shape index (κ3) is 4.02. The molecule has 6 heteroatoms. The molecule has 6 nitrogen and oxygen atoms in total. The fourth-order valence-corrected chi connectivity index (χ4v) is 3.49. The van der Waals surface area contributed by atoms with E-state index in [0.717, 1.165) is 54.9 Å². The van der Waals surface area contributed by atoms with Gasteiger partial charge in [-0.25, -0.2) is 0 Å². The highest BCUT2D eigenvalue weighted by Crippen LogP contribution is 2.20. The van der Waals surface area contributed by atoms with Crippen LogP contribution >= 0.6 is 0 Å². The van der Waals surface area contributed by atoms with Crippen LogP contribution in [0, 0.1) is 6.92 Å². The summed E-state index contributed by atoms with van der Waals surface area (Å²) in [6.45, 7) is 5.99. The molecule has 1 atom stereocenters. The fraction of sp³-hybridized carbons (Fsp3) is 0.333. The number of nitrogens with one attached hydrogen (secondary N) is 2. The number of aryl methyl sites for hydroxylation is 1. The Balaban J connectivity index is 1.58. The van der Waals surface area contributed by atoms with Gasteiger partial charge in [-0.15, -0.1) is 0 Å². The summed E-state index contributed by atoms with van der Waals surface area (Å²) in [4.78, 5) is 15.3. The number of carbonyl (C=O) groups is 1. The standard InChI is InChI=1S/C21H24N4O2/c1-15-7-8-18-17(13-15)20(24-23-18)21(26)22-19(16-5-3-2-4-6-16)14-25-9-11-27-12-10-25/h2-8,13,19H,9-12,14H2,1H3,(H,22,26)(H,23,24). The molecule has 0 bridgehead atoms. The minimum atomic E-state index is -0.158. The highest BCUT2D eigenvalue weighted by molar-refractivity contribution is 6.04. The maximum absolute atomic E-state index is 13.0. The Morgan fingerprint density at radius 1 is 1.22 bits per heavy atom. The van der Waals surface area contributed by atoms with Crippen molar-refractivity contribution in [2.24, 2.45) is 0 Å². The van der Waals surface area contributed by atoms with Crippen molar-refractivity contribution in [3.63, 3.8) is 0 Å². The summed E-state index contributed by atoms with van der Waals surface area (Å²) in [5.74, 6) is -0.158. The monoisotopic (exact) mass is 364 g/mol. The van der Waals surface area contributed by atoms with Crippen molar-refractivity contribution >= 4 is 16.8 Å². The molecule has 0 aliphatic carbocycles. The van der Waals surface area contributed by atoms with Gasteiger partial charge in [-0.05, 0) is 24.6 Å². The third-order valence-corrected chi connectivity index (χ3v) is 4.99. The van der Waals surface area contributed by atoms with E-state index >= 15 is 0 Å². The number of fused-ring (bicyclic) bond motifs is 1. The summed E-state index contributed by atoms with van der Waals surface area (Å²) < 4.78 is 5.44. The zero-order chi connectivity index (χ0) is 18.6. The van der Waals surface area contributed by atoms with E-state index < -0.39 is 0 Å². The number of hydrogen-bond donors (Lipinski definition) is 2.